The summed E-state index contributed by atoms with van der Waals surface area (Å²) in [6.07, 6.45) is 3.18. The number of ether oxygens (including phenoxy) is 2. The molecule has 0 aliphatic carbocycles. The van der Waals surface area contributed by atoms with Gasteiger partial charge in [0.2, 0.25) is 5.91 Å². The van der Waals surface area contributed by atoms with Gasteiger partial charge in [-0.05, 0) is 12.1 Å². The monoisotopic (exact) mass is 346 g/mol. The fraction of sp³-hybridized carbons (Fsp3) is 0.312. The van der Waals surface area contributed by atoms with Gasteiger partial charge in [-0.15, -0.1) is 16.8 Å². The molecule has 24 heavy (non-hydrogen) atoms. The second-order valence-electron chi connectivity index (χ2n) is 5.14. The minimum absolute atomic E-state index is 0.0874. The van der Waals surface area contributed by atoms with Gasteiger partial charge in [-0.3, -0.25) is 4.79 Å². The molecule has 1 atom stereocenters. The third-order valence-electron chi connectivity index (χ3n) is 3.33. The Labute approximate surface area is 144 Å². The number of thioether (sulfide) groups is 1. The smallest absolute Gasteiger partial charge is 0.230 e. The highest BCUT2D eigenvalue weighted by atomic mass is 32.2. The van der Waals surface area contributed by atoms with Gasteiger partial charge in [0.25, 0.3) is 0 Å². The van der Waals surface area contributed by atoms with Crippen molar-refractivity contribution in [1.82, 2.24) is 20.1 Å². The fourth-order valence-corrected chi connectivity index (χ4v) is 2.95. The molecule has 2 heterocycles. The van der Waals surface area contributed by atoms with Crippen LogP contribution in [0.3, 0.4) is 0 Å². The quantitative estimate of drug-likeness (QED) is 0.605. The molecule has 2 aromatic rings. The molecule has 0 fully saturated rings. The summed E-state index contributed by atoms with van der Waals surface area (Å²) in [7, 11) is 0. The van der Waals surface area contributed by atoms with E-state index in [0.29, 0.717) is 30.6 Å². The lowest BCUT2D eigenvalue weighted by Crippen LogP contribution is -2.41. The van der Waals surface area contributed by atoms with Crippen LogP contribution in [-0.2, 0) is 11.3 Å². The molecule has 1 aliphatic heterocycles. The number of rotatable bonds is 7. The first-order valence-corrected chi connectivity index (χ1v) is 8.51. The number of fused-ring (bicyclic) bond motifs is 1. The largest absolute Gasteiger partial charge is 0.486 e. The maximum absolute atomic E-state index is 12.0. The summed E-state index contributed by atoms with van der Waals surface area (Å²) >= 11 is 1.33. The molecule has 1 amide bonds. The summed E-state index contributed by atoms with van der Waals surface area (Å²) in [6.45, 7) is 5.10. The Morgan fingerprint density at radius 1 is 1.46 bits per heavy atom. The predicted octanol–water partition coefficient (Wildman–Crippen LogP) is 1.51. The third-order valence-corrected chi connectivity index (χ3v) is 4.31. The van der Waals surface area contributed by atoms with Crippen LogP contribution in [0.15, 0.2) is 48.4 Å². The summed E-state index contributed by atoms with van der Waals surface area (Å²) in [5, 5.41) is 11.4. The number of para-hydroxylation sites is 2. The molecule has 0 bridgehead atoms. The van der Waals surface area contributed by atoms with Crippen LogP contribution in [0.2, 0.25) is 0 Å². The van der Waals surface area contributed by atoms with Gasteiger partial charge in [0, 0.05) is 6.54 Å². The predicted molar refractivity (Wildman–Crippen MR) is 90.3 cm³/mol. The number of nitrogens with zero attached hydrogens (tertiary/aromatic N) is 3. The van der Waals surface area contributed by atoms with E-state index in [9.17, 15) is 4.79 Å². The molecule has 1 aliphatic rings. The second kappa shape index (κ2) is 7.87. The molecule has 0 unspecified atom stereocenters. The van der Waals surface area contributed by atoms with Gasteiger partial charge in [0.05, 0.1) is 12.3 Å². The summed E-state index contributed by atoms with van der Waals surface area (Å²) in [4.78, 5) is 12.0. The Morgan fingerprint density at radius 2 is 2.29 bits per heavy atom. The molecule has 1 N–H and O–H groups in total. The van der Waals surface area contributed by atoms with Crippen LogP contribution in [0.25, 0.3) is 0 Å². The van der Waals surface area contributed by atoms with Gasteiger partial charge in [-0.1, -0.05) is 30.0 Å². The number of nitrogens with one attached hydrogen (secondary N) is 1. The highest BCUT2D eigenvalue weighted by molar-refractivity contribution is 7.99. The van der Waals surface area contributed by atoms with Crippen molar-refractivity contribution in [2.24, 2.45) is 0 Å². The van der Waals surface area contributed by atoms with Crippen molar-refractivity contribution in [1.29, 1.82) is 0 Å². The van der Waals surface area contributed by atoms with Gasteiger partial charge >= 0.3 is 0 Å². The molecule has 1 aromatic heterocycles. The minimum atomic E-state index is -0.196. The standard InChI is InChI=1S/C16H18N4O3S/c1-2-7-20-11-18-19-16(20)24-10-15(21)17-8-12-9-22-13-5-3-4-6-14(13)23-12/h2-6,11-12H,1,7-10H2,(H,17,21)/t12-/m0/s1. The normalized spacial score (nSPS) is 15.8. The SMILES string of the molecule is C=CCn1cnnc1SCC(=O)NC[C@H]1COc2ccccc2O1. The van der Waals surface area contributed by atoms with E-state index in [0.717, 1.165) is 5.75 Å². The van der Waals surface area contributed by atoms with Gasteiger partial charge in [-0.2, -0.15) is 0 Å². The van der Waals surface area contributed by atoms with E-state index in [2.05, 4.69) is 22.1 Å². The molecule has 126 valence electrons. The molecule has 0 radical (unpaired) electrons. The first-order chi connectivity index (χ1) is 11.8. The first kappa shape index (κ1) is 16.4. The third kappa shape index (κ3) is 4.08. The number of amides is 1. The summed E-state index contributed by atoms with van der Waals surface area (Å²) in [5.74, 6) is 1.61. The Hall–Kier alpha value is -2.48. The number of allylic oxidation sites excluding steroid dienone is 1. The van der Waals surface area contributed by atoms with E-state index in [4.69, 9.17) is 9.47 Å². The summed E-state index contributed by atoms with van der Waals surface area (Å²) < 4.78 is 13.3. The van der Waals surface area contributed by atoms with Crippen LogP contribution in [-0.4, -0.2) is 45.7 Å². The van der Waals surface area contributed by atoms with Crippen molar-refractivity contribution >= 4 is 17.7 Å². The first-order valence-electron chi connectivity index (χ1n) is 7.53. The van der Waals surface area contributed by atoms with E-state index in [1.807, 2.05) is 28.8 Å². The van der Waals surface area contributed by atoms with Crippen LogP contribution in [0, 0.1) is 0 Å². The maximum Gasteiger partial charge on any atom is 0.230 e. The molecule has 8 heteroatoms. The molecular weight excluding hydrogens is 328 g/mol. The van der Waals surface area contributed by atoms with E-state index < -0.39 is 0 Å². The van der Waals surface area contributed by atoms with Crippen molar-refractivity contribution in [3.05, 3.63) is 43.2 Å². The highest BCUT2D eigenvalue weighted by Crippen LogP contribution is 2.30. The van der Waals surface area contributed by atoms with Gasteiger partial charge < -0.3 is 19.4 Å². The molecule has 1 aromatic carbocycles. The Kier molecular flexibility index (Phi) is 5.37. The van der Waals surface area contributed by atoms with Gasteiger partial charge in [0.1, 0.15) is 19.0 Å². The van der Waals surface area contributed by atoms with E-state index in [-0.39, 0.29) is 17.8 Å². The minimum Gasteiger partial charge on any atom is -0.486 e. The van der Waals surface area contributed by atoms with E-state index in [1.165, 1.54) is 11.8 Å². The molecule has 0 saturated heterocycles. The molecule has 0 saturated carbocycles. The second-order valence-corrected chi connectivity index (χ2v) is 6.09. The Bertz CT molecular complexity index is 719. The Balaban J connectivity index is 1.43. The number of benzene rings is 1. The Morgan fingerprint density at radius 3 is 3.12 bits per heavy atom. The van der Waals surface area contributed by atoms with Crippen LogP contribution in [0.1, 0.15) is 0 Å². The van der Waals surface area contributed by atoms with Crippen molar-refractivity contribution in [2.45, 2.75) is 17.8 Å². The lowest BCUT2D eigenvalue weighted by molar-refractivity contribution is -0.119. The maximum atomic E-state index is 12.0. The van der Waals surface area contributed by atoms with Gasteiger partial charge in [0.15, 0.2) is 16.7 Å². The summed E-state index contributed by atoms with van der Waals surface area (Å²) in [5.41, 5.74) is 0. The van der Waals surface area contributed by atoms with Crippen molar-refractivity contribution in [3.8, 4) is 11.5 Å². The van der Waals surface area contributed by atoms with Gasteiger partial charge in [-0.25, -0.2) is 0 Å². The number of hydrogen-bond donors (Lipinski definition) is 1. The van der Waals surface area contributed by atoms with Crippen LogP contribution in [0.4, 0.5) is 0 Å². The molecular formula is C16H18N4O3S. The highest BCUT2D eigenvalue weighted by Gasteiger charge is 2.21. The summed E-state index contributed by atoms with van der Waals surface area (Å²) in [6, 6.07) is 7.50. The molecule has 3 rings (SSSR count). The molecule has 7 nitrogen and oxygen atoms in total. The van der Waals surface area contributed by atoms with Crippen molar-refractivity contribution in [2.75, 3.05) is 18.9 Å². The topological polar surface area (TPSA) is 78.3 Å². The number of carbonyl (C=O) groups is 1. The van der Waals surface area contributed by atoms with Crippen LogP contribution in [0.5, 0.6) is 11.5 Å². The zero-order valence-electron chi connectivity index (χ0n) is 13.1. The number of aromatic nitrogens is 3. The lowest BCUT2D eigenvalue weighted by atomic mass is 10.2. The number of carbonyl (C=O) groups excluding carboxylic acids is 1. The lowest BCUT2D eigenvalue weighted by Gasteiger charge is -2.26. The zero-order valence-corrected chi connectivity index (χ0v) is 13.9. The zero-order chi connectivity index (χ0) is 16.8. The van der Waals surface area contributed by atoms with Crippen LogP contribution >= 0.6 is 11.8 Å². The van der Waals surface area contributed by atoms with E-state index >= 15 is 0 Å². The van der Waals surface area contributed by atoms with E-state index in [1.54, 1.807) is 12.4 Å². The fourth-order valence-electron chi connectivity index (χ4n) is 2.19. The van der Waals surface area contributed by atoms with Crippen molar-refractivity contribution in [3.63, 3.8) is 0 Å². The number of hydrogen-bond acceptors (Lipinski definition) is 6. The average molecular weight is 346 g/mol. The van der Waals surface area contributed by atoms with Crippen LogP contribution < -0.4 is 14.8 Å². The molecule has 0 spiro atoms. The van der Waals surface area contributed by atoms with Crippen molar-refractivity contribution < 1.29 is 14.3 Å². The average Bonchev–Trinajstić information content (AvgIpc) is 3.05.